The van der Waals surface area contributed by atoms with Crippen molar-refractivity contribution >= 4 is 11.8 Å². The zero-order valence-electron chi connectivity index (χ0n) is 20.7. The van der Waals surface area contributed by atoms with Gasteiger partial charge in [-0.2, -0.15) is 0 Å². The fraction of sp³-hybridized carbons (Fsp3) is 0.161. The summed E-state index contributed by atoms with van der Waals surface area (Å²) in [5.74, 6) is 1.70. The first-order valence-corrected chi connectivity index (χ1v) is 12.1. The average Bonchev–Trinajstić information content (AvgIpc) is 2.94. The number of ether oxygens (including phenoxy) is 2. The minimum Gasteiger partial charge on any atom is -0.497 e. The van der Waals surface area contributed by atoms with Crippen LogP contribution in [0.15, 0.2) is 109 Å². The third kappa shape index (κ3) is 7.97. The summed E-state index contributed by atoms with van der Waals surface area (Å²) >= 11 is 0. The van der Waals surface area contributed by atoms with Gasteiger partial charge in [0.1, 0.15) is 23.3 Å². The highest BCUT2D eigenvalue weighted by atomic mass is 16.5. The number of carbonyl (C=O) groups is 2. The standard InChI is InChI=1S/C31H30N2O4/c1-36-26-16-12-24(13-17-26)21-30(34)33-29(31(35)32-22-25-8-4-2-5-9-25)20-23-14-18-28(19-15-23)37-27-10-6-3-7-11-27/h2-19,29H,20-22H2,1H3,(H,32,35)(H,33,34). The van der Waals surface area contributed by atoms with Crippen LogP contribution in [0.2, 0.25) is 0 Å². The summed E-state index contributed by atoms with van der Waals surface area (Å²) in [5, 5.41) is 5.87. The molecule has 0 heterocycles. The Kier molecular flexibility index (Phi) is 8.92. The van der Waals surface area contributed by atoms with Gasteiger partial charge in [0, 0.05) is 13.0 Å². The number of hydrogen-bond acceptors (Lipinski definition) is 4. The van der Waals surface area contributed by atoms with Crippen molar-refractivity contribution in [1.82, 2.24) is 10.6 Å². The van der Waals surface area contributed by atoms with Gasteiger partial charge in [0.25, 0.3) is 0 Å². The lowest BCUT2D eigenvalue weighted by molar-refractivity contribution is -0.128. The van der Waals surface area contributed by atoms with E-state index in [0.717, 1.165) is 28.2 Å². The Bertz CT molecular complexity index is 1270. The summed E-state index contributed by atoms with van der Waals surface area (Å²) in [5.41, 5.74) is 2.73. The van der Waals surface area contributed by atoms with Crippen molar-refractivity contribution in [2.75, 3.05) is 7.11 Å². The lowest BCUT2D eigenvalue weighted by Crippen LogP contribution is -2.48. The summed E-state index contributed by atoms with van der Waals surface area (Å²) in [6, 6.07) is 33.3. The molecule has 4 aromatic rings. The molecule has 0 fully saturated rings. The van der Waals surface area contributed by atoms with Crippen molar-refractivity contribution in [1.29, 1.82) is 0 Å². The predicted octanol–water partition coefficient (Wildman–Crippen LogP) is 5.07. The van der Waals surface area contributed by atoms with Crippen molar-refractivity contribution in [3.63, 3.8) is 0 Å². The molecule has 188 valence electrons. The molecule has 4 aromatic carbocycles. The smallest absolute Gasteiger partial charge is 0.243 e. The third-order valence-corrected chi connectivity index (χ3v) is 5.83. The van der Waals surface area contributed by atoms with E-state index in [0.29, 0.717) is 18.7 Å². The van der Waals surface area contributed by atoms with Gasteiger partial charge in [-0.15, -0.1) is 0 Å². The predicted molar refractivity (Wildman–Crippen MR) is 144 cm³/mol. The lowest BCUT2D eigenvalue weighted by Gasteiger charge is -2.19. The number of para-hydroxylation sites is 1. The maximum Gasteiger partial charge on any atom is 0.243 e. The van der Waals surface area contributed by atoms with Crippen LogP contribution in [-0.4, -0.2) is 25.0 Å². The maximum absolute atomic E-state index is 13.1. The van der Waals surface area contributed by atoms with Crippen LogP contribution in [-0.2, 0) is 29.0 Å². The number of amides is 2. The quantitative estimate of drug-likeness (QED) is 0.305. The highest BCUT2D eigenvalue weighted by molar-refractivity contribution is 5.88. The molecule has 0 aromatic heterocycles. The molecule has 2 amide bonds. The largest absolute Gasteiger partial charge is 0.497 e. The second kappa shape index (κ2) is 12.9. The molecule has 0 saturated carbocycles. The van der Waals surface area contributed by atoms with Crippen molar-refractivity contribution in [3.8, 4) is 17.2 Å². The highest BCUT2D eigenvalue weighted by Gasteiger charge is 2.21. The molecule has 0 aliphatic rings. The summed E-state index contributed by atoms with van der Waals surface area (Å²) in [7, 11) is 1.60. The molecule has 0 saturated heterocycles. The van der Waals surface area contributed by atoms with E-state index in [2.05, 4.69) is 10.6 Å². The van der Waals surface area contributed by atoms with Gasteiger partial charge in [-0.1, -0.05) is 72.8 Å². The van der Waals surface area contributed by atoms with Gasteiger partial charge in [-0.05, 0) is 53.1 Å². The fourth-order valence-electron chi connectivity index (χ4n) is 3.85. The Morgan fingerprint density at radius 1 is 0.676 bits per heavy atom. The number of benzene rings is 4. The van der Waals surface area contributed by atoms with Crippen molar-refractivity contribution < 1.29 is 19.1 Å². The minimum absolute atomic E-state index is 0.163. The molecular formula is C31H30N2O4. The molecule has 0 aliphatic heterocycles. The van der Waals surface area contributed by atoms with E-state index in [4.69, 9.17) is 9.47 Å². The Morgan fingerprint density at radius 2 is 1.24 bits per heavy atom. The van der Waals surface area contributed by atoms with Crippen LogP contribution >= 0.6 is 0 Å². The van der Waals surface area contributed by atoms with Crippen LogP contribution in [0.5, 0.6) is 17.2 Å². The minimum atomic E-state index is -0.727. The zero-order chi connectivity index (χ0) is 25.9. The molecule has 1 unspecified atom stereocenters. The molecule has 2 N–H and O–H groups in total. The number of rotatable bonds is 11. The molecule has 6 heteroatoms. The van der Waals surface area contributed by atoms with E-state index in [9.17, 15) is 9.59 Å². The molecule has 4 rings (SSSR count). The van der Waals surface area contributed by atoms with Gasteiger partial charge in [-0.25, -0.2) is 0 Å². The lowest BCUT2D eigenvalue weighted by atomic mass is 10.0. The zero-order valence-corrected chi connectivity index (χ0v) is 20.7. The first-order chi connectivity index (χ1) is 18.1. The Hall–Kier alpha value is -4.58. The number of carbonyl (C=O) groups excluding carboxylic acids is 2. The van der Waals surface area contributed by atoms with E-state index in [-0.39, 0.29) is 18.2 Å². The maximum atomic E-state index is 13.1. The van der Waals surface area contributed by atoms with Gasteiger partial charge in [0.2, 0.25) is 11.8 Å². The van der Waals surface area contributed by atoms with Gasteiger partial charge >= 0.3 is 0 Å². The van der Waals surface area contributed by atoms with E-state index < -0.39 is 6.04 Å². The van der Waals surface area contributed by atoms with Crippen LogP contribution in [0.1, 0.15) is 16.7 Å². The Morgan fingerprint density at radius 3 is 1.89 bits per heavy atom. The molecular weight excluding hydrogens is 464 g/mol. The summed E-state index contributed by atoms with van der Waals surface area (Å²) in [4.78, 5) is 26.0. The normalized spacial score (nSPS) is 11.3. The molecule has 0 radical (unpaired) electrons. The summed E-state index contributed by atoms with van der Waals surface area (Å²) in [6.07, 6.45) is 0.511. The molecule has 0 spiro atoms. The molecule has 0 bridgehead atoms. The summed E-state index contributed by atoms with van der Waals surface area (Å²) < 4.78 is 11.0. The van der Waals surface area contributed by atoms with Gasteiger partial charge in [-0.3, -0.25) is 9.59 Å². The van der Waals surface area contributed by atoms with Crippen LogP contribution in [0.3, 0.4) is 0 Å². The van der Waals surface area contributed by atoms with Crippen LogP contribution in [0, 0.1) is 0 Å². The van der Waals surface area contributed by atoms with Crippen LogP contribution in [0.25, 0.3) is 0 Å². The van der Waals surface area contributed by atoms with E-state index in [1.165, 1.54) is 0 Å². The molecule has 6 nitrogen and oxygen atoms in total. The number of hydrogen-bond donors (Lipinski definition) is 2. The topological polar surface area (TPSA) is 76.7 Å². The van der Waals surface area contributed by atoms with Crippen LogP contribution < -0.4 is 20.1 Å². The van der Waals surface area contributed by atoms with Gasteiger partial charge < -0.3 is 20.1 Å². The molecule has 37 heavy (non-hydrogen) atoms. The first kappa shape index (κ1) is 25.5. The van der Waals surface area contributed by atoms with Gasteiger partial charge in [0.15, 0.2) is 0 Å². The van der Waals surface area contributed by atoms with E-state index in [1.54, 1.807) is 7.11 Å². The molecule has 0 aliphatic carbocycles. The van der Waals surface area contributed by atoms with Gasteiger partial charge in [0.05, 0.1) is 13.5 Å². The third-order valence-electron chi connectivity index (χ3n) is 5.83. The number of methoxy groups -OCH3 is 1. The monoisotopic (exact) mass is 494 g/mol. The Balaban J connectivity index is 1.42. The molecule has 1 atom stereocenters. The van der Waals surface area contributed by atoms with Crippen LogP contribution in [0.4, 0.5) is 0 Å². The van der Waals surface area contributed by atoms with Crippen molar-refractivity contribution in [3.05, 3.63) is 126 Å². The fourth-order valence-corrected chi connectivity index (χ4v) is 3.85. The highest BCUT2D eigenvalue weighted by Crippen LogP contribution is 2.21. The van der Waals surface area contributed by atoms with E-state index >= 15 is 0 Å². The SMILES string of the molecule is COc1ccc(CC(=O)NC(Cc2ccc(Oc3ccccc3)cc2)C(=O)NCc2ccccc2)cc1. The number of nitrogens with one attached hydrogen (secondary N) is 2. The second-order valence-electron chi connectivity index (χ2n) is 8.61. The van der Waals surface area contributed by atoms with E-state index in [1.807, 2.05) is 109 Å². The Labute approximate surface area is 217 Å². The summed E-state index contributed by atoms with van der Waals surface area (Å²) in [6.45, 7) is 0.383. The average molecular weight is 495 g/mol. The second-order valence-corrected chi connectivity index (χ2v) is 8.61. The van der Waals surface area contributed by atoms with Crippen molar-refractivity contribution in [2.45, 2.75) is 25.4 Å². The first-order valence-electron chi connectivity index (χ1n) is 12.1. The van der Waals surface area contributed by atoms with Crippen molar-refractivity contribution in [2.24, 2.45) is 0 Å².